The summed E-state index contributed by atoms with van der Waals surface area (Å²) in [5.41, 5.74) is 18.7. The topological polar surface area (TPSA) is 219 Å². The number of nitrogens with zero attached hydrogens (tertiary/aromatic N) is 6. The predicted octanol–water partition coefficient (Wildman–Crippen LogP) is 1.63. The summed E-state index contributed by atoms with van der Waals surface area (Å²) in [5, 5.41) is 32.0. The number of anilines is 2. The van der Waals surface area contributed by atoms with Crippen molar-refractivity contribution >= 4 is 23.3 Å². The highest BCUT2D eigenvalue weighted by atomic mass is 19.1. The second-order valence-electron chi connectivity index (χ2n) is 8.30. The molecule has 8 N–H and O–H groups in total. The molecule has 16 heteroatoms. The van der Waals surface area contributed by atoms with E-state index in [1.54, 1.807) is 12.1 Å². The Kier molecular flexibility index (Phi) is 6.63. The highest BCUT2D eigenvalue weighted by molar-refractivity contribution is 6.00. The van der Waals surface area contributed by atoms with Gasteiger partial charge in [0.05, 0.1) is 12.1 Å². The second-order valence-corrected chi connectivity index (χ2v) is 8.30. The molecule has 0 spiro atoms. The average Bonchev–Trinajstić information content (AvgIpc) is 3.52. The van der Waals surface area contributed by atoms with E-state index in [1.807, 2.05) is 11.0 Å². The van der Waals surface area contributed by atoms with Gasteiger partial charge in [-0.05, 0) is 80.0 Å². The maximum atomic E-state index is 13.1. The van der Waals surface area contributed by atoms with Crippen molar-refractivity contribution in [2.75, 3.05) is 11.5 Å². The lowest BCUT2D eigenvalue weighted by atomic mass is 9.83. The van der Waals surface area contributed by atoms with Gasteiger partial charge in [-0.1, -0.05) is 12.1 Å². The molecule has 0 fully saturated rings. The number of nitrogens with two attached hydrogens (primary N) is 2. The molecule has 2 aromatic carbocycles. The molecular formula is C22H20F2N10O4. The number of halogens is 2. The number of aliphatic imine (C=N–C) groups is 2. The monoisotopic (exact) mass is 526 g/mol. The van der Waals surface area contributed by atoms with Crippen molar-refractivity contribution in [3.8, 4) is 0 Å². The van der Waals surface area contributed by atoms with Crippen LogP contribution in [-0.2, 0) is 12.8 Å². The average molecular weight is 526 g/mol. The van der Waals surface area contributed by atoms with Crippen LogP contribution < -0.4 is 22.4 Å². The van der Waals surface area contributed by atoms with Crippen LogP contribution in [0.1, 0.15) is 45.7 Å². The minimum Gasteiger partial charge on any atom is -0.379 e. The number of benzene rings is 2. The van der Waals surface area contributed by atoms with Gasteiger partial charge in [0, 0.05) is 0 Å². The van der Waals surface area contributed by atoms with Crippen LogP contribution in [0.15, 0.2) is 55.6 Å². The third-order valence-corrected chi connectivity index (χ3v) is 6.02. The first-order chi connectivity index (χ1) is 18.4. The Morgan fingerprint density at radius 2 is 1.18 bits per heavy atom. The van der Waals surface area contributed by atoms with Crippen molar-refractivity contribution < 1.29 is 28.5 Å². The Bertz CT molecular complexity index is 1420. The molecule has 0 unspecified atom stereocenters. The first-order valence-corrected chi connectivity index (χ1v) is 11.1. The molecule has 0 amide bonds. The summed E-state index contributed by atoms with van der Waals surface area (Å²) in [4.78, 5) is 8.46. The van der Waals surface area contributed by atoms with Crippen LogP contribution in [0.4, 0.5) is 20.4 Å². The fourth-order valence-corrected chi connectivity index (χ4v) is 4.05. The summed E-state index contributed by atoms with van der Waals surface area (Å²) < 4.78 is 35.1. The van der Waals surface area contributed by atoms with E-state index < -0.39 is 0 Å². The van der Waals surface area contributed by atoms with Crippen molar-refractivity contribution in [3.05, 3.63) is 81.7 Å². The van der Waals surface area contributed by atoms with Crippen LogP contribution in [0.3, 0.4) is 0 Å². The minimum atomic E-state index is -0.320. The van der Waals surface area contributed by atoms with E-state index >= 15 is 0 Å². The number of hydroxylamine groups is 2. The van der Waals surface area contributed by atoms with E-state index in [4.69, 9.17) is 21.9 Å². The molecule has 14 nitrogen and oxygen atoms in total. The van der Waals surface area contributed by atoms with Gasteiger partial charge >= 0.3 is 0 Å². The van der Waals surface area contributed by atoms with Crippen molar-refractivity contribution in [2.45, 2.75) is 24.9 Å². The molecule has 196 valence electrons. The van der Waals surface area contributed by atoms with Crippen LogP contribution in [0, 0.1) is 11.6 Å². The zero-order valence-corrected chi connectivity index (χ0v) is 19.3. The van der Waals surface area contributed by atoms with Crippen molar-refractivity contribution in [2.24, 2.45) is 9.98 Å². The smallest absolute Gasteiger partial charge is 0.199 e. The third-order valence-electron chi connectivity index (χ3n) is 6.02. The van der Waals surface area contributed by atoms with Crippen LogP contribution in [0.5, 0.6) is 0 Å². The quantitative estimate of drug-likeness (QED) is 0.127. The summed E-state index contributed by atoms with van der Waals surface area (Å²) in [6.07, 6.45) is 1.32. The number of hydrogen-bond acceptors (Lipinski definition) is 12. The van der Waals surface area contributed by atoms with E-state index in [0.29, 0.717) is 12.8 Å². The summed E-state index contributed by atoms with van der Waals surface area (Å²) >= 11 is 0. The first kappa shape index (κ1) is 24.7. The normalized spacial score (nSPS) is 17.8. The van der Waals surface area contributed by atoms with Crippen molar-refractivity contribution in [1.82, 2.24) is 31.6 Å². The van der Waals surface area contributed by atoms with E-state index in [9.17, 15) is 8.78 Å². The van der Waals surface area contributed by atoms with Crippen molar-refractivity contribution in [1.29, 1.82) is 0 Å². The van der Waals surface area contributed by atoms with E-state index in [2.05, 4.69) is 39.9 Å². The van der Waals surface area contributed by atoms with Gasteiger partial charge in [-0.25, -0.2) is 18.0 Å². The van der Waals surface area contributed by atoms with Gasteiger partial charge in [0.25, 0.3) is 0 Å². The fraction of sp³-hybridized carbons (Fsp3) is 0.182. The lowest BCUT2D eigenvalue weighted by Gasteiger charge is -2.27. The van der Waals surface area contributed by atoms with E-state index in [0.717, 1.165) is 22.3 Å². The summed E-state index contributed by atoms with van der Waals surface area (Å²) in [7, 11) is 0. The summed E-state index contributed by atoms with van der Waals surface area (Å²) in [6.45, 7) is 0. The number of aromatic nitrogens is 4. The lowest BCUT2D eigenvalue weighted by Crippen LogP contribution is -2.26. The van der Waals surface area contributed by atoms with Gasteiger partial charge in [0.2, 0.25) is 0 Å². The largest absolute Gasteiger partial charge is 0.379 e. The van der Waals surface area contributed by atoms with Gasteiger partial charge in [-0.3, -0.25) is 31.4 Å². The molecule has 2 heterocycles. The maximum Gasteiger partial charge on any atom is 0.199 e. The molecule has 38 heavy (non-hydrogen) atoms. The van der Waals surface area contributed by atoms with E-state index in [-0.39, 0.29) is 58.4 Å². The van der Waals surface area contributed by atoms with Gasteiger partial charge < -0.3 is 11.5 Å². The Labute approximate surface area is 211 Å². The Hall–Kier alpha value is -4.96. The SMILES string of the molecule is Nc1nonc1C(=N[C@@H]1Cc2ccc(F)cc21)NO.Nc1nonc1C(=N[C@H]1Cc2ccc(F)cc21)NO. The van der Waals surface area contributed by atoms with Gasteiger partial charge in [-0.15, -0.1) is 0 Å². The molecule has 2 aromatic heterocycles. The summed E-state index contributed by atoms with van der Waals surface area (Å²) in [5.74, 6) is -0.532. The molecule has 4 aromatic rings. The molecule has 2 aliphatic carbocycles. The van der Waals surface area contributed by atoms with Gasteiger partial charge in [-0.2, -0.15) is 0 Å². The Morgan fingerprint density at radius 3 is 1.53 bits per heavy atom. The molecule has 0 bridgehead atoms. The molecule has 0 aliphatic heterocycles. The van der Waals surface area contributed by atoms with E-state index in [1.165, 1.54) is 24.3 Å². The molecule has 0 saturated carbocycles. The number of fused-ring (bicyclic) bond motifs is 2. The second kappa shape index (κ2) is 10.2. The Balaban J connectivity index is 0.000000155. The zero-order chi connectivity index (χ0) is 26.8. The molecule has 2 atom stereocenters. The van der Waals surface area contributed by atoms with Gasteiger partial charge in [0.15, 0.2) is 34.7 Å². The third kappa shape index (κ3) is 4.72. The molecule has 0 saturated heterocycles. The van der Waals surface area contributed by atoms with Crippen LogP contribution in [0.25, 0.3) is 0 Å². The number of nitrogen functional groups attached to an aromatic ring is 2. The first-order valence-electron chi connectivity index (χ1n) is 11.1. The van der Waals surface area contributed by atoms with Crippen LogP contribution >= 0.6 is 0 Å². The molecular weight excluding hydrogens is 506 g/mol. The standard InChI is InChI=1S/2C11H10FN5O2/c2*12-6-2-1-5-3-8(7(5)4-6)14-11(15-18)9-10(13)17-19-16-9/h2*1-2,4,8,18H,3H2,(H2,13,17)(H,14,15)/t2*8-/m10/s1. The van der Waals surface area contributed by atoms with Crippen LogP contribution in [-0.4, -0.2) is 42.7 Å². The zero-order valence-electron chi connectivity index (χ0n) is 19.3. The highest BCUT2D eigenvalue weighted by Crippen LogP contribution is 2.37. The molecule has 6 rings (SSSR count). The highest BCUT2D eigenvalue weighted by Gasteiger charge is 2.29. The number of rotatable bonds is 4. The molecule has 0 radical (unpaired) electrons. The predicted molar refractivity (Wildman–Crippen MR) is 126 cm³/mol. The summed E-state index contributed by atoms with van der Waals surface area (Å²) in [6, 6.07) is 8.59. The number of amidine groups is 2. The van der Waals surface area contributed by atoms with Crippen LogP contribution in [0.2, 0.25) is 0 Å². The lowest BCUT2D eigenvalue weighted by molar-refractivity contribution is 0.232. The fourth-order valence-electron chi connectivity index (χ4n) is 4.05. The minimum absolute atomic E-state index is 0.0130. The number of nitrogens with one attached hydrogen (secondary N) is 2. The number of hydrogen-bond donors (Lipinski definition) is 6. The molecule has 2 aliphatic rings. The maximum absolute atomic E-state index is 13.1. The Morgan fingerprint density at radius 1 is 0.763 bits per heavy atom. The van der Waals surface area contributed by atoms with Crippen molar-refractivity contribution in [3.63, 3.8) is 0 Å². The van der Waals surface area contributed by atoms with Gasteiger partial charge in [0.1, 0.15) is 11.6 Å².